The van der Waals surface area contributed by atoms with Gasteiger partial charge in [0.25, 0.3) is 0 Å². The molecule has 0 heterocycles. The maximum atomic E-state index is 11.8. The highest BCUT2D eigenvalue weighted by molar-refractivity contribution is 5.87. The molecule has 0 fully saturated rings. The van der Waals surface area contributed by atoms with Crippen LogP contribution in [0.1, 0.15) is 82.0 Å². The number of ether oxygens (including phenoxy) is 2. The number of benzene rings is 1. The van der Waals surface area contributed by atoms with Crippen LogP contribution in [0.3, 0.4) is 0 Å². The summed E-state index contributed by atoms with van der Waals surface area (Å²) < 4.78 is 11.2. The molecule has 0 spiro atoms. The fourth-order valence-electron chi connectivity index (χ4n) is 2.85. The average Bonchev–Trinajstić information content (AvgIpc) is 2.67. The normalized spacial score (nSPS) is 11.6. The first-order chi connectivity index (χ1) is 13.4. The zero-order valence-corrected chi connectivity index (χ0v) is 17.2. The fourth-order valence-corrected chi connectivity index (χ4v) is 2.85. The van der Waals surface area contributed by atoms with Gasteiger partial charge < -0.3 is 14.6 Å². The summed E-state index contributed by atoms with van der Waals surface area (Å²) in [7, 11) is 0. The molecule has 5 heteroatoms. The highest BCUT2D eigenvalue weighted by atomic mass is 16.5. The summed E-state index contributed by atoms with van der Waals surface area (Å²) in [4.78, 5) is 22.6. The number of hydrogen-bond donors (Lipinski definition) is 1. The molecule has 0 aliphatic rings. The lowest BCUT2D eigenvalue weighted by molar-refractivity contribution is -0.145. The third kappa shape index (κ3) is 10.1. The summed E-state index contributed by atoms with van der Waals surface area (Å²) in [6, 6.07) is 6.42. The van der Waals surface area contributed by atoms with Crippen molar-refractivity contribution in [3.05, 3.63) is 42.0 Å². The van der Waals surface area contributed by atoms with Crippen molar-refractivity contribution in [2.45, 2.75) is 77.7 Å². The van der Waals surface area contributed by atoms with E-state index in [0.29, 0.717) is 17.9 Å². The molecule has 0 saturated heterocycles. The van der Waals surface area contributed by atoms with E-state index >= 15 is 0 Å². The van der Waals surface area contributed by atoms with E-state index in [0.717, 1.165) is 38.5 Å². The number of esters is 1. The van der Waals surface area contributed by atoms with Gasteiger partial charge in [0.15, 0.2) is 0 Å². The van der Waals surface area contributed by atoms with Crippen LogP contribution in [0.25, 0.3) is 0 Å². The van der Waals surface area contributed by atoms with Gasteiger partial charge in [0, 0.05) is 5.57 Å². The second-order valence-electron chi connectivity index (χ2n) is 7.18. The minimum absolute atomic E-state index is 0.0365. The Kier molecular flexibility index (Phi) is 11.7. The number of carbonyl (C=O) groups excluding carboxylic acids is 1. The number of carboxylic acids is 1. The molecule has 1 aromatic rings. The minimum Gasteiger partial charge on any atom is -0.494 e. The Labute approximate surface area is 168 Å². The Bertz CT molecular complexity index is 606. The van der Waals surface area contributed by atoms with Gasteiger partial charge in [0.2, 0.25) is 0 Å². The van der Waals surface area contributed by atoms with Crippen LogP contribution in [-0.4, -0.2) is 29.8 Å². The van der Waals surface area contributed by atoms with Crippen LogP contribution in [0.2, 0.25) is 0 Å². The van der Waals surface area contributed by atoms with Crippen LogP contribution >= 0.6 is 0 Å². The van der Waals surface area contributed by atoms with Crippen molar-refractivity contribution < 1.29 is 24.2 Å². The fraction of sp³-hybridized carbons (Fsp3) is 0.565. The summed E-state index contributed by atoms with van der Waals surface area (Å²) >= 11 is 0. The molecule has 0 aliphatic carbocycles. The van der Waals surface area contributed by atoms with Gasteiger partial charge in [-0.2, -0.15) is 0 Å². The lowest BCUT2D eigenvalue weighted by Crippen LogP contribution is -2.18. The predicted octanol–water partition coefficient (Wildman–Crippen LogP) is 5.78. The van der Waals surface area contributed by atoms with Gasteiger partial charge in [-0.3, -0.25) is 0 Å². The Morgan fingerprint density at radius 3 is 2.14 bits per heavy atom. The van der Waals surface area contributed by atoms with Gasteiger partial charge >= 0.3 is 11.9 Å². The maximum absolute atomic E-state index is 11.8. The van der Waals surface area contributed by atoms with Crippen molar-refractivity contribution in [3.8, 4) is 5.75 Å². The molecule has 0 bridgehead atoms. The molecule has 1 aromatic carbocycles. The second kappa shape index (κ2) is 13.8. The van der Waals surface area contributed by atoms with Crippen molar-refractivity contribution in [2.24, 2.45) is 0 Å². The highest BCUT2D eigenvalue weighted by Crippen LogP contribution is 2.17. The van der Waals surface area contributed by atoms with Crippen molar-refractivity contribution in [1.82, 2.24) is 0 Å². The molecule has 0 amide bonds. The van der Waals surface area contributed by atoms with Crippen molar-refractivity contribution in [1.29, 1.82) is 0 Å². The highest BCUT2D eigenvalue weighted by Gasteiger charge is 2.14. The first-order valence-electron chi connectivity index (χ1n) is 10.3. The van der Waals surface area contributed by atoms with Crippen LogP contribution in [0.4, 0.5) is 0 Å². The van der Waals surface area contributed by atoms with Crippen LogP contribution in [0, 0.1) is 0 Å². The number of carbonyl (C=O) groups is 2. The van der Waals surface area contributed by atoms with Gasteiger partial charge in [-0.05, 0) is 69.7 Å². The molecule has 156 valence electrons. The lowest BCUT2D eigenvalue weighted by atomic mass is 10.0. The minimum atomic E-state index is -0.942. The predicted molar refractivity (Wildman–Crippen MR) is 111 cm³/mol. The molecule has 1 rings (SSSR count). The Hall–Kier alpha value is -2.30. The topological polar surface area (TPSA) is 72.8 Å². The van der Waals surface area contributed by atoms with Gasteiger partial charge in [0.1, 0.15) is 11.9 Å². The zero-order chi connectivity index (χ0) is 20.8. The molecule has 0 aliphatic heterocycles. The molecule has 1 N–H and O–H groups in total. The average molecular weight is 391 g/mol. The monoisotopic (exact) mass is 390 g/mol. The van der Waals surface area contributed by atoms with E-state index < -0.39 is 5.97 Å². The summed E-state index contributed by atoms with van der Waals surface area (Å²) in [5.74, 6) is -0.564. The SMILES string of the molecule is C=C(C)C(=O)OC(CCCCCC)CCCCCOc1ccc(C(=O)O)cc1. The molecule has 1 unspecified atom stereocenters. The van der Waals surface area contributed by atoms with Gasteiger partial charge in [-0.1, -0.05) is 32.8 Å². The Morgan fingerprint density at radius 1 is 1.00 bits per heavy atom. The van der Waals surface area contributed by atoms with Gasteiger partial charge in [-0.15, -0.1) is 0 Å². The molecular formula is C23H34O5. The lowest BCUT2D eigenvalue weighted by Gasteiger charge is -2.18. The Balaban J connectivity index is 2.26. The number of carboxylic acid groups (broad SMARTS) is 1. The molecule has 5 nitrogen and oxygen atoms in total. The van der Waals surface area contributed by atoms with E-state index in [2.05, 4.69) is 13.5 Å². The number of hydrogen-bond acceptors (Lipinski definition) is 4. The van der Waals surface area contributed by atoms with E-state index in [1.165, 1.54) is 31.4 Å². The standard InChI is InChI=1S/C23H34O5/c1-4-5-6-8-11-21(28-23(26)18(2)3)12-9-7-10-17-27-20-15-13-19(14-16-20)22(24)25/h13-16,21H,2,4-12,17H2,1,3H3,(H,24,25). The van der Waals surface area contributed by atoms with E-state index in [9.17, 15) is 9.59 Å². The van der Waals surface area contributed by atoms with Crippen LogP contribution in [0.5, 0.6) is 5.75 Å². The van der Waals surface area contributed by atoms with Crippen molar-refractivity contribution in [3.63, 3.8) is 0 Å². The third-order valence-electron chi connectivity index (χ3n) is 4.54. The molecule has 0 aromatic heterocycles. The van der Waals surface area contributed by atoms with Gasteiger partial charge in [0.05, 0.1) is 12.2 Å². The van der Waals surface area contributed by atoms with E-state index in [-0.39, 0.29) is 17.6 Å². The van der Waals surface area contributed by atoms with E-state index in [4.69, 9.17) is 14.6 Å². The van der Waals surface area contributed by atoms with Crippen LogP contribution in [-0.2, 0) is 9.53 Å². The van der Waals surface area contributed by atoms with E-state index in [1.54, 1.807) is 19.1 Å². The largest absolute Gasteiger partial charge is 0.494 e. The Morgan fingerprint density at radius 2 is 1.61 bits per heavy atom. The van der Waals surface area contributed by atoms with E-state index in [1.807, 2.05) is 0 Å². The summed E-state index contributed by atoms with van der Waals surface area (Å²) in [5, 5.41) is 8.88. The second-order valence-corrected chi connectivity index (χ2v) is 7.18. The van der Waals surface area contributed by atoms with Gasteiger partial charge in [-0.25, -0.2) is 9.59 Å². The third-order valence-corrected chi connectivity index (χ3v) is 4.54. The van der Waals surface area contributed by atoms with Crippen molar-refractivity contribution >= 4 is 11.9 Å². The molecule has 28 heavy (non-hydrogen) atoms. The zero-order valence-electron chi connectivity index (χ0n) is 17.2. The first kappa shape index (κ1) is 23.7. The summed E-state index contributed by atoms with van der Waals surface area (Å²) in [5.41, 5.74) is 0.697. The smallest absolute Gasteiger partial charge is 0.335 e. The number of aromatic carboxylic acids is 1. The molecule has 1 atom stereocenters. The quantitative estimate of drug-likeness (QED) is 0.233. The number of unbranched alkanes of at least 4 members (excludes halogenated alkanes) is 5. The maximum Gasteiger partial charge on any atom is 0.335 e. The number of rotatable bonds is 15. The molecule has 0 saturated carbocycles. The van der Waals surface area contributed by atoms with Crippen molar-refractivity contribution in [2.75, 3.05) is 6.61 Å². The first-order valence-corrected chi connectivity index (χ1v) is 10.3. The summed E-state index contributed by atoms with van der Waals surface area (Å²) in [6.45, 7) is 8.10. The molecular weight excluding hydrogens is 356 g/mol. The summed E-state index contributed by atoms with van der Waals surface area (Å²) in [6.07, 6.45) is 9.25. The van der Waals surface area contributed by atoms with Crippen LogP contribution in [0.15, 0.2) is 36.4 Å². The van der Waals surface area contributed by atoms with Crippen LogP contribution < -0.4 is 4.74 Å². The molecule has 0 radical (unpaired) electrons.